The highest BCUT2D eigenvalue weighted by atomic mass is 16.2. The summed E-state index contributed by atoms with van der Waals surface area (Å²) in [6, 6.07) is 0. The monoisotopic (exact) mass is 194 g/mol. The van der Waals surface area contributed by atoms with E-state index < -0.39 is 0 Å². The molecule has 0 aromatic rings. The van der Waals surface area contributed by atoms with Crippen LogP contribution in [0.5, 0.6) is 0 Å². The minimum atomic E-state index is 0.151. The fraction of sp³-hybridized carbons (Fsp3) is 0.692. The summed E-state index contributed by atoms with van der Waals surface area (Å²) < 4.78 is 0. The first-order valence-corrected chi connectivity index (χ1v) is 5.47. The molecule has 1 aliphatic carbocycles. The van der Waals surface area contributed by atoms with Crippen LogP contribution in [0.15, 0.2) is 22.8 Å². The normalized spacial score (nSPS) is 22.8. The third-order valence-electron chi connectivity index (χ3n) is 3.25. The van der Waals surface area contributed by atoms with Crippen molar-refractivity contribution in [1.29, 1.82) is 0 Å². The van der Waals surface area contributed by atoms with Crippen molar-refractivity contribution in [2.75, 3.05) is 6.61 Å². The van der Waals surface area contributed by atoms with Crippen molar-refractivity contribution in [3.05, 3.63) is 22.8 Å². The molecule has 0 aliphatic heterocycles. The molecule has 1 heteroatoms. The SMILES string of the molecule is CC1=C(/C(C)=C\CO)C(C)(C)CCC1. The van der Waals surface area contributed by atoms with Crippen LogP contribution in [0.4, 0.5) is 0 Å². The van der Waals surface area contributed by atoms with E-state index in [2.05, 4.69) is 27.7 Å². The topological polar surface area (TPSA) is 20.2 Å². The Morgan fingerprint density at radius 3 is 2.64 bits per heavy atom. The van der Waals surface area contributed by atoms with E-state index in [1.807, 2.05) is 6.08 Å². The zero-order valence-corrected chi connectivity index (χ0v) is 9.85. The van der Waals surface area contributed by atoms with Crippen molar-refractivity contribution in [3.63, 3.8) is 0 Å². The molecule has 0 unspecified atom stereocenters. The van der Waals surface area contributed by atoms with E-state index in [1.165, 1.54) is 36.0 Å². The van der Waals surface area contributed by atoms with Gasteiger partial charge in [0.15, 0.2) is 0 Å². The van der Waals surface area contributed by atoms with Gasteiger partial charge in [-0.25, -0.2) is 0 Å². The van der Waals surface area contributed by atoms with Gasteiger partial charge in [0.05, 0.1) is 6.61 Å². The van der Waals surface area contributed by atoms with Crippen LogP contribution in [-0.2, 0) is 0 Å². The Morgan fingerprint density at radius 1 is 1.50 bits per heavy atom. The highest BCUT2D eigenvalue weighted by Gasteiger charge is 2.28. The maximum atomic E-state index is 8.92. The number of aliphatic hydroxyl groups is 1. The Bertz CT molecular complexity index is 269. The summed E-state index contributed by atoms with van der Waals surface area (Å²) in [5.74, 6) is 0. The van der Waals surface area contributed by atoms with E-state index in [4.69, 9.17) is 5.11 Å². The molecule has 14 heavy (non-hydrogen) atoms. The van der Waals surface area contributed by atoms with Crippen LogP contribution in [0.25, 0.3) is 0 Å². The van der Waals surface area contributed by atoms with Gasteiger partial charge in [0.2, 0.25) is 0 Å². The first kappa shape index (κ1) is 11.5. The molecule has 0 saturated carbocycles. The summed E-state index contributed by atoms with van der Waals surface area (Å²) in [6.07, 6.45) is 5.70. The standard InChI is InChI=1S/C13H22O/c1-10-6-5-8-13(3,4)12(10)11(2)7-9-14/h7,14H,5-6,8-9H2,1-4H3/b11-7-. The van der Waals surface area contributed by atoms with Crippen LogP contribution in [0.3, 0.4) is 0 Å². The lowest BCUT2D eigenvalue weighted by molar-refractivity contribution is 0.339. The Hall–Kier alpha value is -0.560. The fourth-order valence-corrected chi connectivity index (χ4v) is 2.73. The fourth-order valence-electron chi connectivity index (χ4n) is 2.73. The molecule has 80 valence electrons. The first-order valence-electron chi connectivity index (χ1n) is 5.47. The van der Waals surface area contributed by atoms with Gasteiger partial charge in [-0.3, -0.25) is 0 Å². The van der Waals surface area contributed by atoms with Gasteiger partial charge in [-0.05, 0) is 49.7 Å². The van der Waals surface area contributed by atoms with E-state index in [0.29, 0.717) is 0 Å². The second-order valence-electron chi connectivity index (χ2n) is 4.96. The third-order valence-corrected chi connectivity index (χ3v) is 3.25. The zero-order valence-electron chi connectivity index (χ0n) is 9.85. The number of aliphatic hydroxyl groups excluding tert-OH is 1. The number of hydrogen-bond acceptors (Lipinski definition) is 1. The number of allylic oxidation sites excluding steroid dienone is 3. The summed E-state index contributed by atoms with van der Waals surface area (Å²) in [5.41, 5.74) is 4.52. The van der Waals surface area contributed by atoms with Crippen LogP contribution < -0.4 is 0 Å². The van der Waals surface area contributed by atoms with Crippen LogP contribution >= 0.6 is 0 Å². The third kappa shape index (κ3) is 2.27. The average molecular weight is 194 g/mol. The molecule has 0 radical (unpaired) electrons. The van der Waals surface area contributed by atoms with Gasteiger partial charge in [-0.15, -0.1) is 0 Å². The van der Waals surface area contributed by atoms with Gasteiger partial charge in [0.25, 0.3) is 0 Å². The van der Waals surface area contributed by atoms with Gasteiger partial charge < -0.3 is 5.11 Å². The van der Waals surface area contributed by atoms with Crippen molar-refractivity contribution in [2.45, 2.75) is 47.0 Å². The van der Waals surface area contributed by atoms with Crippen molar-refractivity contribution < 1.29 is 5.11 Å². The molecule has 0 spiro atoms. The molecule has 1 N–H and O–H groups in total. The highest BCUT2D eigenvalue weighted by molar-refractivity contribution is 5.39. The minimum Gasteiger partial charge on any atom is -0.392 e. The molecule has 1 rings (SSSR count). The summed E-state index contributed by atoms with van der Waals surface area (Å²) in [5, 5.41) is 8.92. The summed E-state index contributed by atoms with van der Waals surface area (Å²) in [4.78, 5) is 0. The van der Waals surface area contributed by atoms with Crippen LogP contribution in [0.2, 0.25) is 0 Å². The lowest BCUT2D eigenvalue weighted by Crippen LogP contribution is -2.21. The van der Waals surface area contributed by atoms with Gasteiger partial charge in [0.1, 0.15) is 0 Å². The lowest BCUT2D eigenvalue weighted by Gasteiger charge is -2.35. The Labute approximate surface area is 87.5 Å². The molecule has 0 heterocycles. The molecule has 0 aromatic heterocycles. The van der Waals surface area contributed by atoms with E-state index in [9.17, 15) is 0 Å². The quantitative estimate of drug-likeness (QED) is 0.714. The Balaban J connectivity index is 3.08. The van der Waals surface area contributed by atoms with Gasteiger partial charge in [-0.1, -0.05) is 25.5 Å². The molecule has 0 aromatic carbocycles. The zero-order chi connectivity index (χ0) is 10.8. The van der Waals surface area contributed by atoms with Gasteiger partial charge in [0, 0.05) is 0 Å². The molecule has 1 aliphatic rings. The summed E-state index contributed by atoms with van der Waals surface area (Å²) in [6.45, 7) is 9.10. The maximum absolute atomic E-state index is 8.92. The number of rotatable bonds is 2. The molecule has 0 bridgehead atoms. The highest BCUT2D eigenvalue weighted by Crippen LogP contribution is 2.43. The number of hydrogen-bond donors (Lipinski definition) is 1. The maximum Gasteiger partial charge on any atom is 0.0618 e. The molecule has 1 nitrogen and oxygen atoms in total. The molecule has 0 saturated heterocycles. The predicted octanol–water partition coefficient (Wildman–Crippen LogP) is 3.45. The second kappa shape index (κ2) is 4.31. The van der Waals surface area contributed by atoms with Crippen molar-refractivity contribution in [3.8, 4) is 0 Å². The smallest absolute Gasteiger partial charge is 0.0618 e. The average Bonchev–Trinajstić information content (AvgIpc) is 2.02. The molecular formula is C13H22O. The molecule has 0 amide bonds. The van der Waals surface area contributed by atoms with Crippen LogP contribution in [0.1, 0.15) is 47.0 Å². The summed E-state index contributed by atoms with van der Waals surface area (Å²) >= 11 is 0. The van der Waals surface area contributed by atoms with Crippen molar-refractivity contribution in [1.82, 2.24) is 0 Å². The van der Waals surface area contributed by atoms with Crippen molar-refractivity contribution >= 4 is 0 Å². The van der Waals surface area contributed by atoms with E-state index in [0.717, 1.165) is 0 Å². The first-order chi connectivity index (χ1) is 6.49. The van der Waals surface area contributed by atoms with Gasteiger partial charge in [-0.2, -0.15) is 0 Å². The Kier molecular flexibility index (Phi) is 3.54. The Morgan fingerprint density at radius 2 is 2.14 bits per heavy atom. The molecule has 0 fully saturated rings. The molecular weight excluding hydrogens is 172 g/mol. The van der Waals surface area contributed by atoms with E-state index >= 15 is 0 Å². The van der Waals surface area contributed by atoms with E-state index in [1.54, 1.807) is 0 Å². The summed E-state index contributed by atoms with van der Waals surface area (Å²) in [7, 11) is 0. The van der Waals surface area contributed by atoms with E-state index in [-0.39, 0.29) is 12.0 Å². The second-order valence-corrected chi connectivity index (χ2v) is 4.96. The van der Waals surface area contributed by atoms with Gasteiger partial charge >= 0.3 is 0 Å². The van der Waals surface area contributed by atoms with Crippen molar-refractivity contribution in [2.24, 2.45) is 5.41 Å². The predicted molar refractivity (Wildman–Crippen MR) is 61.2 cm³/mol. The largest absolute Gasteiger partial charge is 0.392 e. The minimum absolute atomic E-state index is 0.151. The lowest BCUT2D eigenvalue weighted by atomic mass is 9.70. The van der Waals surface area contributed by atoms with Crippen LogP contribution in [0, 0.1) is 5.41 Å². The molecule has 0 atom stereocenters. The van der Waals surface area contributed by atoms with Crippen LogP contribution in [-0.4, -0.2) is 11.7 Å².